The Bertz CT molecular complexity index is 393. The van der Waals surface area contributed by atoms with Crippen molar-refractivity contribution < 1.29 is 10.0 Å². The zero-order valence-corrected chi connectivity index (χ0v) is 9.67. The highest BCUT2D eigenvalue weighted by atomic mass is 16.6. The SMILES string of the molecule is CCC(O)C(C)c1ncc([N+](=O)[O-])cc1C. The van der Waals surface area contributed by atoms with Crippen LogP contribution in [0.4, 0.5) is 5.69 Å². The van der Waals surface area contributed by atoms with Crippen molar-refractivity contribution >= 4 is 5.69 Å². The molecule has 0 saturated carbocycles. The van der Waals surface area contributed by atoms with E-state index < -0.39 is 11.0 Å². The second kappa shape index (κ2) is 5.03. The van der Waals surface area contributed by atoms with E-state index in [0.717, 1.165) is 11.3 Å². The Morgan fingerprint density at radius 1 is 1.62 bits per heavy atom. The molecule has 88 valence electrons. The molecule has 0 aliphatic carbocycles. The lowest BCUT2D eigenvalue weighted by atomic mass is 9.95. The maximum Gasteiger partial charge on any atom is 0.287 e. The maximum atomic E-state index is 10.5. The molecule has 1 N–H and O–H groups in total. The van der Waals surface area contributed by atoms with Crippen LogP contribution in [-0.2, 0) is 0 Å². The average Bonchev–Trinajstić information content (AvgIpc) is 2.26. The summed E-state index contributed by atoms with van der Waals surface area (Å²) in [5, 5.41) is 20.2. The number of rotatable bonds is 4. The van der Waals surface area contributed by atoms with E-state index in [-0.39, 0.29) is 11.6 Å². The summed E-state index contributed by atoms with van der Waals surface area (Å²) in [6.07, 6.45) is 1.41. The van der Waals surface area contributed by atoms with E-state index in [4.69, 9.17) is 0 Å². The number of hydrogen-bond donors (Lipinski definition) is 1. The molecule has 1 aromatic rings. The smallest absolute Gasteiger partial charge is 0.287 e. The van der Waals surface area contributed by atoms with E-state index in [1.165, 1.54) is 12.3 Å². The van der Waals surface area contributed by atoms with Crippen molar-refractivity contribution in [1.82, 2.24) is 4.98 Å². The Labute approximate surface area is 94.3 Å². The molecule has 0 fully saturated rings. The predicted octanol–water partition coefficient (Wildman–Crippen LogP) is 2.17. The van der Waals surface area contributed by atoms with Crippen LogP contribution in [-0.4, -0.2) is 21.1 Å². The van der Waals surface area contributed by atoms with Gasteiger partial charge in [-0.1, -0.05) is 13.8 Å². The van der Waals surface area contributed by atoms with Gasteiger partial charge in [0.1, 0.15) is 6.20 Å². The van der Waals surface area contributed by atoms with Crippen LogP contribution in [0.2, 0.25) is 0 Å². The minimum absolute atomic E-state index is 0.0144. The van der Waals surface area contributed by atoms with Gasteiger partial charge >= 0.3 is 0 Å². The van der Waals surface area contributed by atoms with Gasteiger partial charge < -0.3 is 5.11 Å². The number of hydrogen-bond acceptors (Lipinski definition) is 4. The van der Waals surface area contributed by atoms with E-state index >= 15 is 0 Å². The molecular formula is C11H16N2O3. The van der Waals surface area contributed by atoms with Crippen molar-refractivity contribution in [2.45, 2.75) is 39.2 Å². The summed E-state index contributed by atoms with van der Waals surface area (Å²) in [4.78, 5) is 14.1. The number of nitrogens with zero attached hydrogens (tertiary/aromatic N) is 2. The van der Waals surface area contributed by atoms with Crippen LogP contribution in [0.3, 0.4) is 0 Å². The molecule has 1 aromatic heterocycles. The number of aryl methyl sites for hydroxylation is 1. The van der Waals surface area contributed by atoms with Gasteiger partial charge in [0.2, 0.25) is 0 Å². The normalized spacial score (nSPS) is 14.5. The van der Waals surface area contributed by atoms with Crippen molar-refractivity contribution in [1.29, 1.82) is 0 Å². The van der Waals surface area contributed by atoms with Crippen LogP contribution in [0, 0.1) is 17.0 Å². The van der Waals surface area contributed by atoms with Gasteiger partial charge in [0.05, 0.1) is 11.0 Å². The van der Waals surface area contributed by atoms with Gasteiger partial charge in [-0.15, -0.1) is 0 Å². The number of pyridine rings is 1. The first kappa shape index (κ1) is 12.6. The summed E-state index contributed by atoms with van der Waals surface area (Å²) in [6, 6.07) is 1.49. The van der Waals surface area contributed by atoms with Gasteiger partial charge in [0, 0.05) is 17.7 Å². The Morgan fingerprint density at radius 2 is 2.25 bits per heavy atom. The largest absolute Gasteiger partial charge is 0.392 e. The molecule has 0 spiro atoms. The second-order valence-electron chi connectivity index (χ2n) is 3.92. The molecule has 0 aliphatic rings. The molecule has 1 heterocycles. The predicted molar refractivity (Wildman–Crippen MR) is 60.3 cm³/mol. The standard InChI is InChI=1S/C11H16N2O3/c1-4-10(14)8(3)11-7(2)5-9(6-12-11)13(15)16/h5-6,8,10,14H,4H2,1-3H3. The molecule has 0 saturated heterocycles. The fourth-order valence-electron chi connectivity index (χ4n) is 1.68. The highest BCUT2D eigenvalue weighted by Crippen LogP contribution is 2.24. The second-order valence-corrected chi connectivity index (χ2v) is 3.92. The molecule has 1 rings (SSSR count). The number of nitro groups is 1. The highest BCUT2D eigenvalue weighted by molar-refractivity contribution is 5.35. The van der Waals surface area contributed by atoms with Crippen molar-refractivity contribution in [3.05, 3.63) is 33.6 Å². The molecule has 0 aliphatic heterocycles. The van der Waals surface area contributed by atoms with Gasteiger partial charge in [-0.2, -0.15) is 0 Å². The fourth-order valence-corrected chi connectivity index (χ4v) is 1.68. The zero-order chi connectivity index (χ0) is 12.3. The van der Waals surface area contributed by atoms with Crippen molar-refractivity contribution in [3.63, 3.8) is 0 Å². The minimum Gasteiger partial charge on any atom is -0.392 e. The third-order valence-corrected chi connectivity index (χ3v) is 2.74. The van der Waals surface area contributed by atoms with Gasteiger partial charge in [-0.3, -0.25) is 15.1 Å². The van der Waals surface area contributed by atoms with Crippen molar-refractivity contribution in [3.8, 4) is 0 Å². The van der Waals surface area contributed by atoms with Crippen LogP contribution in [0.5, 0.6) is 0 Å². The van der Waals surface area contributed by atoms with Crippen LogP contribution < -0.4 is 0 Å². The van der Waals surface area contributed by atoms with E-state index in [2.05, 4.69) is 4.98 Å². The molecule has 5 heteroatoms. The fraction of sp³-hybridized carbons (Fsp3) is 0.545. The topological polar surface area (TPSA) is 76.3 Å². The molecule has 2 unspecified atom stereocenters. The van der Waals surface area contributed by atoms with Gasteiger partial charge in [-0.25, -0.2) is 0 Å². The first-order chi connectivity index (χ1) is 7.47. The molecule has 0 amide bonds. The molecule has 0 radical (unpaired) electrons. The number of aromatic nitrogens is 1. The summed E-state index contributed by atoms with van der Waals surface area (Å²) >= 11 is 0. The van der Waals surface area contributed by atoms with Gasteiger partial charge in [-0.05, 0) is 18.9 Å². The Morgan fingerprint density at radius 3 is 2.69 bits per heavy atom. The Hall–Kier alpha value is -1.49. The molecule has 0 aromatic carbocycles. The first-order valence-electron chi connectivity index (χ1n) is 5.26. The maximum absolute atomic E-state index is 10.5. The van der Waals surface area contributed by atoms with E-state index in [1.807, 2.05) is 13.8 Å². The van der Waals surface area contributed by atoms with E-state index in [9.17, 15) is 15.2 Å². The quantitative estimate of drug-likeness (QED) is 0.628. The van der Waals surface area contributed by atoms with E-state index in [1.54, 1.807) is 6.92 Å². The molecular weight excluding hydrogens is 208 g/mol. The Balaban J connectivity index is 3.03. The van der Waals surface area contributed by atoms with Crippen LogP contribution >= 0.6 is 0 Å². The molecule has 16 heavy (non-hydrogen) atoms. The Kier molecular flexibility index (Phi) is 3.95. The lowest BCUT2D eigenvalue weighted by Crippen LogP contribution is -2.16. The summed E-state index contributed by atoms with van der Waals surface area (Å²) < 4.78 is 0. The third-order valence-electron chi connectivity index (χ3n) is 2.74. The van der Waals surface area contributed by atoms with Gasteiger partial charge in [0.25, 0.3) is 5.69 Å². The summed E-state index contributed by atoms with van der Waals surface area (Å²) in [6.45, 7) is 5.53. The lowest BCUT2D eigenvalue weighted by Gasteiger charge is -2.18. The van der Waals surface area contributed by atoms with Crippen LogP contribution in [0.1, 0.15) is 37.4 Å². The monoisotopic (exact) mass is 224 g/mol. The van der Waals surface area contributed by atoms with Gasteiger partial charge in [0.15, 0.2) is 0 Å². The summed E-state index contributed by atoms with van der Waals surface area (Å²) in [5.74, 6) is -0.106. The first-order valence-corrected chi connectivity index (χ1v) is 5.26. The minimum atomic E-state index is -0.468. The van der Waals surface area contributed by atoms with Crippen molar-refractivity contribution in [2.24, 2.45) is 0 Å². The third kappa shape index (κ3) is 2.55. The number of aliphatic hydroxyl groups is 1. The molecule has 2 atom stereocenters. The zero-order valence-electron chi connectivity index (χ0n) is 9.67. The molecule has 0 bridgehead atoms. The van der Waals surface area contributed by atoms with Crippen LogP contribution in [0.15, 0.2) is 12.3 Å². The average molecular weight is 224 g/mol. The van der Waals surface area contributed by atoms with Crippen LogP contribution in [0.25, 0.3) is 0 Å². The summed E-state index contributed by atoms with van der Waals surface area (Å²) in [5.41, 5.74) is 1.45. The molecule has 5 nitrogen and oxygen atoms in total. The summed E-state index contributed by atoms with van der Waals surface area (Å²) in [7, 11) is 0. The highest BCUT2D eigenvalue weighted by Gasteiger charge is 2.19. The number of aliphatic hydroxyl groups excluding tert-OH is 1. The van der Waals surface area contributed by atoms with Crippen molar-refractivity contribution in [2.75, 3.05) is 0 Å². The van der Waals surface area contributed by atoms with E-state index in [0.29, 0.717) is 6.42 Å². The lowest BCUT2D eigenvalue weighted by molar-refractivity contribution is -0.385.